The summed E-state index contributed by atoms with van der Waals surface area (Å²) in [6, 6.07) is 4.55. The first-order valence-corrected chi connectivity index (χ1v) is 7.81. The van der Waals surface area contributed by atoms with Gasteiger partial charge in [-0.1, -0.05) is 13.0 Å². The van der Waals surface area contributed by atoms with Gasteiger partial charge in [-0.25, -0.2) is 0 Å². The summed E-state index contributed by atoms with van der Waals surface area (Å²) >= 11 is 0. The summed E-state index contributed by atoms with van der Waals surface area (Å²) in [5, 5.41) is 3.60. The summed E-state index contributed by atoms with van der Waals surface area (Å²) in [5.74, 6) is 0.947. The Hall–Kier alpha value is -1.06. The smallest absolute Gasteiger partial charge is 0.122 e. The second kappa shape index (κ2) is 7.81. The number of nitrogens with one attached hydrogen (secondary N) is 1. The van der Waals surface area contributed by atoms with E-state index in [1.54, 1.807) is 7.11 Å². The third kappa shape index (κ3) is 5.68. The Kier molecular flexibility index (Phi) is 6.69. The molecule has 0 bridgehead atoms. The molecule has 0 heterocycles. The van der Waals surface area contributed by atoms with Crippen LogP contribution >= 0.6 is 0 Å². The van der Waals surface area contributed by atoms with Crippen molar-refractivity contribution in [3.8, 4) is 5.75 Å². The first-order valence-electron chi connectivity index (χ1n) is 7.81. The Morgan fingerprint density at radius 3 is 2.33 bits per heavy atom. The van der Waals surface area contributed by atoms with E-state index in [2.05, 4.69) is 59.0 Å². The second-order valence-corrected chi connectivity index (χ2v) is 6.61. The van der Waals surface area contributed by atoms with Gasteiger partial charge in [-0.15, -0.1) is 0 Å². The highest BCUT2D eigenvalue weighted by molar-refractivity contribution is 5.43. The number of aryl methyl sites for hydroxylation is 2. The topological polar surface area (TPSA) is 30.5 Å². The molecule has 0 radical (unpaired) electrons. The van der Waals surface area contributed by atoms with Crippen molar-refractivity contribution in [2.24, 2.45) is 0 Å². The largest absolute Gasteiger partial charge is 0.496 e. The molecule has 0 saturated carbocycles. The predicted octanol–water partition coefficient (Wildman–Crippen LogP) is 4.17. The molecule has 3 nitrogen and oxygen atoms in total. The van der Waals surface area contributed by atoms with E-state index in [-0.39, 0.29) is 11.6 Å². The third-order valence-electron chi connectivity index (χ3n) is 3.48. The molecule has 120 valence electrons. The molecule has 0 aliphatic heterocycles. The zero-order chi connectivity index (χ0) is 16.0. The lowest BCUT2D eigenvalue weighted by atomic mass is 9.98. The Morgan fingerprint density at radius 2 is 1.81 bits per heavy atom. The molecule has 0 saturated heterocycles. The van der Waals surface area contributed by atoms with Crippen molar-refractivity contribution in [3.63, 3.8) is 0 Å². The molecule has 1 atom stereocenters. The molecule has 0 aromatic heterocycles. The Bertz CT molecular complexity index is 449. The highest BCUT2D eigenvalue weighted by atomic mass is 16.5. The second-order valence-electron chi connectivity index (χ2n) is 6.61. The van der Waals surface area contributed by atoms with Crippen molar-refractivity contribution in [1.29, 1.82) is 0 Å². The molecule has 0 amide bonds. The third-order valence-corrected chi connectivity index (χ3v) is 3.48. The lowest BCUT2D eigenvalue weighted by Crippen LogP contribution is -2.31. The zero-order valence-corrected chi connectivity index (χ0v) is 14.7. The van der Waals surface area contributed by atoms with Gasteiger partial charge in [-0.2, -0.15) is 0 Å². The summed E-state index contributed by atoms with van der Waals surface area (Å²) in [6.45, 7) is 14.3. The van der Waals surface area contributed by atoms with Crippen molar-refractivity contribution < 1.29 is 9.47 Å². The molecule has 0 aliphatic carbocycles. The maximum absolute atomic E-state index is 6.00. The molecular formula is C18H31NO2. The van der Waals surface area contributed by atoms with Crippen LogP contribution in [0.15, 0.2) is 12.1 Å². The summed E-state index contributed by atoms with van der Waals surface area (Å²) in [5.41, 5.74) is 3.58. The van der Waals surface area contributed by atoms with Crippen molar-refractivity contribution in [2.45, 2.75) is 59.6 Å². The number of methoxy groups -OCH3 is 1. The van der Waals surface area contributed by atoms with Crippen LogP contribution in [0, 0.1) is 13.8 Å². The maximum atomic E-state index is 6.00. The minimum Gasteiger partial charge on any atom is -0.496 e. The number of ether oxygens (including phenoxy) is 2. The van der Waals surface area contributed by atoms with E-state index in [1.807, 2.05) is 0 Å². The minimum atomic E-state index is -0.123. The zero-order valence-electron chi connectivity index (χ0n) is 14.7. The standard InChI is InChI=1S/C18H31NO2/c1-8-9-19-16(12-21-18(4,5)6)15-10-14(3)17(20-7)11-13(15)2/h10-11,16,19H,8-9,12H2,1-7H3. The molecule has 1 N–H and O–H groups in total. The lowest BCUT2D eigenvalue weighted by molar-refractivity contribution is -0.0148. The average Bonchev–Trinajstić information content (AvgIpc) is 2.40. The van der Waals surface area contributed by atoms with E-state index < -0.39 is 0 Å². The van der Waals surface area contributed by atoms with Crippen LogP contribution in [-0.2, 0) is 4.74 Å². The molecule has 1 unspecified atom stereocenters. The van der Waals surface area contributed by atoms with Gasteiger partial charge in [0.2, 0.25) is 0 Å². The van der Waals surface area contributed by atoms with Gasteiger partial charge in [0, 0.05) is 0 Å². The first-order chi connectivity index (χ1) is 9.78. The molecular weight excluding hydrogens is 262 g/mol. The molecule has 0 aliphatic rings. The van der Waals surface area contributed by atoms with Crippen molar-refractivity contribution in [3.05, 3.63) is 28.8 Å². The quantitative estimate of drug-likeness (QED) is 0.818. The van der Waals surface area contributed by atoms with Crippen LogP contribution < -0.4 is 10.1 Å². The number of benzene rings is 1. The van der Waals surface area contributed by atoms with E-state index >= 15 is 0 Å². The molecule has 1 aromatic rings. The van der Waals surface area contributed by atoms with Crippen molar-refractivity contribution in [2.75, 3.05) is 20.3 Å². The summed E-state index contributed by atoms with van der Waals surface area (Å²) in [7, 11) is 1.72. The van der Waals surface area contributed by atoms with Crippen LogP contribution in [0.5, 0.6) is 5.75 Å². The van der Waals surface area contributed by atoms with Gasteiger partial charge in [-0.05, 0) is 70.3 Å². The van der Waals surface area contributed by atoms with Crippen LogP contribution in [0.25, 0.3) is 0 Å². The Balaban J connectivity index is 2.99. The van der Waals surface area contributed by atoms with Crippen molar-refractivity contribution in [1.82, 2.24) is 5.32 Å². The van der Waals surface area contributed by atoms with Gasteiger partial charge in [-0.3, -0.25) is 0 Å². The number of hydrogen-bond donors (Lipinski definition) is 1. The monoisotopic (exact) mass is 293 g/mol. The fourth-order valence-electron chi connectivity index (χ4n) is 2.32. The summed E-state index contributed by atoms with van der Waals surface area (Å²) in [4.78, 5) is 0. The highest BCUT2D eigenvalue weighted by Gasteiger charge is 2.19. The van der Waals surface area contributed by atoms with Crippen molar-refractivity contribution >= 4 is 0 Å². The molecule has 3 heteroatoms. The van der Waals surface area contributed by atoms with Gasteiger partial charge >= 0.3 is 0 Å². The molecule has 21 heavy (non-hydrogen) atoms. The van der Waals surface area contributed by atoms with E-state index in [1.165, 1.54) is 11.1 Å². The first kappa shape index (κ1) is 18.0. The number of hydrogen-bond acceptors (Lipinski definition) is 3. The van der Waals surface area contributed by atoms with Crippen LogP contribution in [0.1, 0.15) is 56.8 Å². The van der Waals surface area contributed by atoms with E-state index in [0.29, 0.717) is 6.61 Å². The SMILES string of the molecule is CCCNC(COC(C)(C)C)c1cc(C)c(OC)cc1C. The van der Waals surface area contributed by atoms with Gasteiger partial charge in [0.15, 0.2) is 0 Å². The van der Waals surface area contributed by atoms with Gasteiger partial charge in [0.1, 0.15) is 5.75 Å². The Morgan fingerprint density at radius 1 is 1.14 bits per heavy atom. The van der Waals surface area contributed by atoms with Crippen LogP contribution in [0.4, 0.5) is 0 Å². The molecule has 1 rings (SSSR count). The van der Waals surface area contributed by atoms with Gasteiger partial charge < -0.3 is 14.8 Å². The minimum absolute atomic E-state index is 0.123. The molecule has 1 aromatic carbocycles. The highest BCUT2D eigenvalue weighted by Crippen LogP contribution is 2.27. The fraction of sp³-hybridized carbons (Fsp3) is 0.667. The maximum Gasteiger partial charge on any atom is 0.122 e. The van der Waals surface area contributed by atoms with E-state index in [0.717, 1.165) is 24.3 Å². The van der Waals surface area contributed by atoms with E-state index in [4.69, 9.17) is 9.47 Å². The number of rotatable bonds is 7. The fourth-order valence-corrected chi connectivity index (χ4v) is 2.32. The van der Waals surface area contributed by atoms with Gasteiger partial charge in [0.05, 0.1) is 25.4 Å². The van der Waals surface area contributed by atoms with Crippen LogP contribution in [0.3, 0.4) is 0 Å². The average molecular weight is 293 g/mol. The molecule has 0 spiro atoms. The summed E-state index contributed by atoms with van der Waals surface area (Å²) in [6.07, 6.45) is 1.11. The molecule has 0 fully saturated rings. The van der Waals surface area contributed by atoms with Crippen LogP contribution in [0.2, 0.25) is 0 Å². The Labute approximate surface area is 130 Å². The normalized spacial score (nSPS) is 13.3. The predicted molar refractivity (Wildman–Crippen MR) is 89.2 cm³/mol. The summed E-state index contributed by atoms with van der Waals surface area (Å²) < 4.78 is 11.4. The van der Waals surface area contributed by atoms with Gasteiger partial charge in [0.25, 0.3) is 0 Å². The lowest BCUT2D eigenvalue weighted by Gasteiger charge is -2.27. The van der Waals surface area contributed by atoms with E-state index in [9.17, 15) is 0 Å². The van der Waals surface area contributed by atoms with Crippen LogP contribution in [-0.4, -0.2) is 25.9 Å².